The minimum Gasteiger partial charge on any atom is -0.493 e. The molecule has 3 aromatic rings. The molecule has 6 nitrogen and oxygen atoms in total. The third-order valence-electron chi connectivity index (χ3n) is 3.93. The number of thiazole rings is 1. The first-order valence-electron chi connectivity index (χ1n) is 7.78. The van der Waals surface area contributed by atoms with Crippen molar-refractivity contribution in [2.75, 3.05) is 11.9 Å². The lowest BCUT2D eigenvalue weighted by molar-refractivity contribution is 0.102. The molecule has 0 spiro atoms. The van der Waals surface area contributed by atoms with Crippen LogP contribution in [-0.4, -0.2) is 27.3 Å². The normalized spacial score (nSPS) is 12.7. The number of aryl methyl sites for hydroxylation is 1. The molecule has 0 atom stereocenters. The van der Waals surface area contributed by atoms with E-state index in [0.717, 1.165) is 36.6 Å². The van der Waals surface area contributed by atoms with Crippen molar-refractivity contribution >= 4 is 22.4 Å². The largest absolute Gasteiger partial charge is 0.493 e. The topological polar surface area (TPSA) is 69.0 Å². The Balaban J connectivity index is 1.51. The smallest absolute Gasteiger partial charge is 0.260 e. The second-order valence-corrected chi connectivity index (χ2v) is 6.36. The molecule has 1 amide bonds. The van der Waals surface area contributed by atoms with Gasteiger partial charge in [0.05, 0.1) is 24.1 Å². The molecule has 1 aliphatic rings. The number of hydrogen-bond acceptors (Lipinski definition) is 5. The van der Waals surface area contributed by atoms with Crippen molar-refractivity contribution < 1.29 is 9.53 Å². The molecule has 1 aromatic carbocycles. The number of carbonyl (C=O) groups is 1. The summed E-state index contributed by atoms with van der Waals surface area (Å²) in [6, 6.07) is 6.08. The van der Waals surface area contributed by atoms with Gasteiger partial charge in [0.15, 0.2) is 5.13 Å². The summed E-state index contributed by atoms with van der Waals surface area (Å²) in [5.41, 5.74) is 3.63. The Kier molecular flexibility index (Phi) is 3.78. The number of hydrogen-bond donors (Lipinski definition) is 1. The van der Waals surface area contributed by atoms with E-state index in [9.17, 15) is 4.79 Å². The van der Waals surface area contributed by atoms with Crippen molar-refractivity contribution in [3.63, 3.8) is 0 Å². The molecule has 1 aliphatic heterocycles. The molecule has 4 rings (SSSR count). The van der Waals surface area contributed by atoms with Crippen LogP contribution in [0.5, 0.6) is 5.75 Å². The highest BCUT2D eigenvalue weighted by molar-refractivity contribution is 7.14. The van der Waals surface area contributed by atoms with Crippen molar-refractivity contribution in [3.05, 3.63) is 47.1 Å². The second kappa shape index (κ2) is 6.09. The number of benzene rings is 1. The third-order valence-corrected chi connectivity index (χ3v) is 4.69. The molecule has 2 aromatic heterocycles. The molecular weight excluding hydrogens is 324 g/mol. The van der Waals surface area contributed by atoms with E-state index in [4.69, 9.17) is 4.74 Å². The number of amides is 1. The first-order chi connectivity index (χ1) is 11.7. The lowest BCUT2D eigenvalue weighted by Crippen LogP contribution is -2.10. The molecule has 0 aliphatic carbocycles. The van der Waals surface area contributed by atoms with Gasteiger partial charge in [-0.05, 0) is 30.7 Å². The summed E-state index contributed by atoms with van der Waals surface area (Å²) < 4.78 is 7.24. The Bertz CT molecular complexity index is 900. The van der Waals surface area contributed by atoms with Gasteiger partial charge in [0, 0.05) is 30.1 Å². The van der Waals surface area contributed by atoms with Crippen molar-refractivity contribution in [1.82, 2.24) is 14.8 Å². The van der Waals surface area contributed by atoms with Gasteiger partial charge in [-0.25, -0.2) is 4.98 Å². The Hall–Kier alpha value is -2.67. The Labute approximate surface area is 143 Å². The molecular formula is C17H16N4O2S. The maximum absolute atomic E-state index is 12.2. The van der Waals surface area contributed by atoms with E-state index in [1.807, 2.05) is 24.4 Å². The molecule has 122 valence electrons. The van der Waals surface area contributed by atoms with E-state index in [1.54, 1.807) is 17.1 Å². The number of carbonyl (C=O) groups excluding carboxylic acids is 1. The number of rotatable bonds is 4. The van der Waals surface area contributed by atoms with Gasteiger partial charge in [0.25, 0.3) is 5.91 Å². The van der Waals surface area contributed by atoms with Crippen LogP contribution in [0.3, 0.4) is 0 Å². The van der Waals surface area contributed by atoms with E-state index < -0.39 is 0 Å². The molecule has 0 saturated carbocycles. The van der Waals surface area contributed by atoms with Gasteiger partial charge in [-0.15, -0.1) is 11.3 Å². The van der Waals surface area contributed by atoms with Gasteiger partial charge in [-0.2, -0.15) is 5.10 Å². The predicted octanol–water partition coefficient (Wildman–Crippen LogP) is 3.21. The fourth-order valence-corrected chi connectivity index (χ4v) is 3.35. The van der Waals surface area contributed by atoms with Crippen molar-refractivity contribution in [3.8, 4) is 17.0 Å². The van der Waals surface area contributed by atoms with Crippen LogP contribution in [0.25, 0.3) is 11.3 Å². The van der Waals surface area contributed by atoms with E-state index in [2.05, 4.69) is 21.5 Å². The number of ether oxygens (including phenoxy) is 1. The van der Waals surface area contributed by atoms with Gasteiger partial charge >= 0.3 is 0 Å². The number of aromatic nitrogens is 3. The summed E-state index contributed by atoms with van der Waals surface area (Å²) in [7, 11) is 0. The lowest BCUT2D eigenvalue weighted by Gasteiger charge is -2.01. The van der Waals surface area contributed by atoms with Gasteiger partial charge in [0.2, 0.25) is 0 Å². The van der Waals surface area contributed by atoms with Crippen molar-refractivity contribution in [2.24, 2.45) is 0 Å². The minimum atomic E-state index is -0.196. The standard InChI is InChI=1S/C17H16N4O2S/c1-2-21-9-13(8-18-21)16(22)20-17-19-14(10-24-17)11-3-4-15-12(7-11)5-6-23-15/h3-4,7-10H,2,5-6H2,1H3,(H,19,20,22). The third kappa shape index (κ3) is 2.78. The van der Waals surface area contributed by atoms with Crippen LogP contribution >= 0.6 is 11.3 Å². The van der Waals surface area contributed by atoms with Crippen molar-refractivity contribution in [2.45, 2.75) is 19.9 Å². The predicted molar refractivity (Wildman–Crippen MR) is 92.6 cm³/mol. The number of fused-ring (bicyclic) bond motifs is 1. The summed E-state index contributed by atoms with van der Waals surface area (Å²) in [6.07, 6.45) is 4.22. The van der Waals surface area contributed by atoms with Crippen molar-refractivity contribution in [1.29, 1.82) is 0 Å². The van der Waals surface area contributed by atoms with E-state index >= 15 is 0 Å². The molecule has 7 heteroatoms. The maximum Gasteiger partial charge on any atom is 0.260 e. The molecule has 0 saturated heterocycles. The molecule has 0 bridgehead atoms. The first-order valence-corrected chi connectivity index (χ1v) is 8.66. The number of nitrogens with one attached hydrogen (secondary N) is 1. The lowest BCUT2D eigenvalue weighted by atomic mass is 10.1. The van der Waals surface area contributed by atoms with Crippen LogP contribution in [-0.2, 0) is 13.0 Å². The summed E-state index contributed by atoms with van der Waals surface area (Å²) >= 11 is 1.41. The van der Waals surface area contributed by atoms with Crippen LogP contribution in [0.4, 0.5) is 5.13 Å². The second-order valence-electron chi connectivity index (χ2n) is 5.50. The molecule has 0 fully saturated rings. The monoisotopic (exact) mass is 340 g/mol. The van der Waals surface area contributed by atoms with E-state index in [1.165, 1.54) is 16.9 Å². The number of nitrogens with zero attached hydrogens (tertiary/aromatic N) is 3. The van der Waals surface area contributed by atoms with Crippen LogP contribution in [0.1, 0.15) is 22.8 Å². The summed E-state index contributed by atoms with van der Waals surface area (Å²) in [4.78, 5) is 16.7. The summed E-state index contributed by atoms with van der Waals surface area (Å²) in [5.74, 6) is 0.758. The Morgan fingerprint density at radius 1 is 1.46 bits per heavy atom. The molecule has 0 radical (unpaired) electrons. The summed E-state index contributed by atoms with van der Waals surface area (Å²) in [5, 5.41) is 9.47. The molecule has 24 heavy (non-hydrogen) atoms. The van der Waals surface area contributed by atoms with Gasteiger partial charge in [0.1, 0.15) is 5.75 Å². The average molecular weight is 340 g/mol. The van der Waals surface area contributed by atoms with Crippen LogP contribution < -0.4 is 10.1 Å². The Morgan fingerprint density at radius 3 is 3.21 bits per heavy atom. The first kappa shape index (κ1) is 14.9. The van der Waals surface area contributed by atoms with Gasteiger partial charge in [-0.1, -0.05) is 0 Å². The maximum atomic E-state index is 12.2. The number of anilines is 1. The van der Waals surface area contributed by atoms with E-state index in [0.29, 0.717) is 10.7 Å². The zero-order valence-corrected chi connectivity index (χ0v) is 14.0. The quantitative estimate of drug-likeness (QED) is 0.792. The molecule has 3 heterocycles. The van der Waals surface area contributed by atoms with Crippen LogP contribution in [0.2, 0.25) is 0 Å². The SMILES string of the molecule is CCn1cc(C(=O)Nc2nc(-c3ccc4c(c3)CCO4)cs2)cn1. The van der Waals surface area contributed by atoms with Gasteiger partial charge < -0.3 is 4.74 Å². The fraction of sp³-hybridized carbons (Fsp3) is 0.235. The molecule has 1 N–H and O–H groups in total. The zero-order valence-electron chi connectivity index (χ0n) is 13.2. The average Bonchev–Trinajstić information content (AvgIpc) is 3.33. The Morgan fingerprint density at radius 2 is 2.38 bits per heavy atom. The highest BCUT2D eigenvalue weighted by Gasteiger charge is 2.15. The highest BCUT2D eigenvalue weighted by atomic mass is 32.1. The zero-order chi connectivity index (χ0) is 16.5. The van der Waals surface area contributed by atoms with E-state index in [-0.39, 0.29) is 5.91 Å². The van der Waals surface area contributed by atoms with Crippen LogP contribution in [0, 0.1) is 0 Å². The summed E-state index contributed by atoms with van der Waals surface area (Å²) in [6.45, 7) is 3.45. The highest BCUT2D eigenvalue weighted by Crippen LogP contribution is 2.32. The van der Waals surface area contributed by atoms with Gasteiger partial charge in [-0.3, -0.25) is 14.8 Å². The van der Waals surface area contributed by atoms with Crippen LogP contribution in [0.15, 0.2) is 36.0 Å². The fourth-order valence-electron chi connectivity index (χ4n) is 2.63. The minimum absolute atomic E-state index is 0.196. The molecule has 0 unspecified atom stereocenters.